The predicted molar refractivity (Wildman–Crippen MR) is 292 cm³/mol. The lowest BCUT2D eigenvalue weighted by Crippen LogP contribution is -2.61. The number of aliphatic hydroxyl groups is 4. The van der Waals surface area contributed by atoms with Crippen molar-refractivity contribution in [3.8, 4) is 0 Å². The molecule has 0 aromatic rings. The number of rotatable bonds is 54. The minimum Gasteiger partial charge on any atom is -0.394 e. The largest absolute Gasteiger partial charge is 0.397 e. The Morgan fingerprint density at radius 3 is 1.13 bits per heavy atom. The summed E-state index contributed by atoms with van der Waals surface area (Å²) in [6.45, 7) is 3.51. The number of hydrogen-bond acceptors (Lipinski definition) is 10. The van der Waals surface area contributed by atoms with Gasteiger partial charge in [-0.3, -0.25) is 9.35 Å². The van der Waals surface area contributed by atoms with Crippen molar-refractivity contribution < 1.29 is 51.8 Å². The molecule has 13 heteroatoms. The number of ether oxygens (including phenoxy) is 2. The second-order valence-electron chi connectivity index (χ2n) is 21.7. The van der Waals surface area contributed by atoms with Crippen LogP contribution in [0, 0.1) is 0 Å². The van der Waals surface area contributed by atoms with E-state index in [1.165, 1.54) is 231 Å². The zero-order valence-corrected chi connectivity index (χ0v) is 46.9. The molecule has 0 radical (unpaired) electrons. The number of carbonyl (C=O) groups is 1. The lowest BCUT2D eigenvalue weighted by atomic mass is 9.99. The minimum absolute atomic E-state index is 0.221. The van der Waals surface area contributed by atoms with Crippen molar-refractivity contribution in [2.45, 2.75) is 352 Å². The smallest absolute Gasteiger partial charge is 0.394 e. The molecule has 0 aromatic carbocycles. The van der Waals surface area contributed by atoms with Gasteiger partial charge in [-0.2, -0.15) is 8.42 Å². The van der Waals surface area contributed by atoms with Crippen molar-refractivity contribution in [3.63, 3.8) is 0 Å². The van der Waals surface area contributed by atoms with Crippen LogP contribution in [0.2, 0.25) is 0 Å². The zero-order valence-electron chi connectivity index (χ0n) is 46.1. The maximum atomic E-state index is 13.2. The van der Waals surface area contributed by atoms with Gasteiger partial charge < -0.3 is 35.2 Å². The van der Waals surface area contributed by atoms with Gasteiger partial charge in [0.25, 0.3) is 0 Å². The Morgan fingerprint density at radius 2 is 0.817 bits per heavy atom. The van der Waals surface area contributed by atoms with E-state index in [9.17, 15) is 38.2 Å². The molecule has 1 saturated heterocycles. The van der Waals surface area contributed by atoms with Crippen molar-refractivity contribution in [2.75, 3.05) is 13.2 Å². The summed E-state index contributed by atoms with van der Waals surface area (Å²) in [4.78, 5) is 13.2. The van der Waals surface area contributed by atoms with Crippen LogP contribution in [-0.4, -0.2) is 95.4 Å². The number of nitrogens with one attached hydrogen (secondary N) is 1. The summed E-state index contributed by atoms with van der Waals surface area (Å²) in [6, 6.07) is -0.853. The standard InChI is InChI=1S/C58H115NO11S/c1-3-5-7-9-11-13-15-17-19-21-23-25-27-29-31-33-35-37-39-41-43-45-47-52(61)51(50-68-58-56(64)57(70-71(65,66)67)55(63)53(49-60)69-58)59-54(62)48-46-44-42-40-38-36-34-32-30-28-26-24-22-20-18-16-14-12-10-8-6-4-2/h51-53,55-58,60-61,63-64H,3-50H2,1-2H3,(H,59,62)(H,65,66,67). The SMILES string of the molecule is CCCCCCCCCCCCCCCCCCCCCCCCC(=O)NC(COC1OC(CO)C(O)C(OS(=O)(=O)O)C1O)C(O)CCCCCCCCCCCCCCCCCCCCCCCC. The maximum absolute atomic E-state index is 13.2. The molecule has 7 unspecified atom stereocenters. The van der Waals surface area contributed by atoms with Crippen LogP contribution in [0.4, 0.5) is 0 Å². The molecule has 1 fully saturated rings. The van der Waals surface area contributed by atoms with Crippen LogP contribution in [0.1, 0.15) is 309 Å². The normalized spacial score (nSPS) is 19.3. The van der Waals surface area contributed by atoms with E-state index in [1.807, 2.05) is 0 Å². The summed E-state index contributed by atoms with van der Waals surface area (Å²) in [5, 5.41) is 45.2. The van der Waals surface area contributed by atoms with E-state index in [0.29, 0.717) is 12.8 Å². The second kappa shape index (κ2) is 48.7. The van der Waals surface area contributed by atoms with Crippen LogP contribution >= 0.6 is 0 Å². The summed E-state index contributed by atoms with van der Waals surface area (Å²) in [6.07, 6.45) is 48.2. The highest BCUT2D eigenvalue weighted by Gasteiger charge is 2.48. The molecule has 12 nitrogen and oxygen atoms in total. The van der Waals surface area contributed by atoms with Gasteiger partial charge in [-0.15, -0.1) is 0 Å². The molecule has 0 aromatic heterocycles. The zero-order chi connectivity index (χ0) is 51.9. The molecular formula is C58H115NO11S. The van der Waals surface area contributed by atoms with E-state index in [2.05, 4.69) is 23.3 Å². The number of carbonyl (C=O) groups excluding carboxylic acids is 1. The molecule has 424 valence electrons. The summed E-state index contributed by atoms with van der Waals surface area (Å²) in [5.41, 5.74) is 0. The third kappa shape index (κ3) is 41.0. The highest BCUT2D eigenvalue weighted by molar-refractivity contribution is 7.80. The number of amides is 1. The van der Waals surface area contributed by atoms with Gasteiger partial charge in [-0.05, 0) is 12.8 Å². The Balaban J connectivity index is 2.32. The van der Waals surface area contributed by atoms with Crippen LogP contribution in [-0.2, 0) is 28.9 Å². The average molecular weight is 1030 g/mol. The van der Waals surface area contributed by atoms with E-state index in [0.717, 1.165) is 51.4 Å². The molecule has 1 rings (SSSR count). The first-order valence-electron chi connectivity index (χ1n) is 30.4. The quantitative estimate of drug-likeness (QED) is 0.0251. The van der Waals surface area contributed by atoms with Gasteiger partial charge in [-0.25, -0.2) is 4.18 Å². The summed E-state index contributed by atoms with van der Waals surface area (Å²) in [5.74, 6) is -0.221. The van der Waals surface area contributed by atoms with Gasteiger partial charge in [0.1, 0.15) is 24.4 Å². The van der Waals surface area contributed by atoms with Crippen molar-refractivity contribution in [2.24, 2.45) is 0 Å². The van der Waals surface area contributed by atoms with Crippen LogP contribution in [0.15, 0.2) is 0 Å². The fourth-order valence-corrected chi connectivity index (χ4v) is 10.7. The molecule has 0 bridgehead atoms. The predicted octanol–water partition coefficient (Wildman–Crippen LogP) is 14.5. The third-order valence-corrected chi connectivity index (χ3v) is 15.4. The van der Waals surface area contributed by atoms with Crippen molar-refractivity contribution in [1.82, 2.24) is 5.32 Å². The first kappa shape index (κ1) is 68.1. The Kier molecular flexibility index (Phi) is 46.7. The van der Waals surface area contributed by atoms with Gasteiger partial charge >= 0.3 is 10.4 Å². The number of aliphatic hydroxyl groups excluding tert-OH is 4. The molecule has 6 N–H and O–H groups in total. The van der Waals surface area contributed by atoms with Crippen LogP contribution in [0.25, 0.3) is 0 Å². The fourth-order valence-electron chi connectivity index (χ4n) is 10.2. The molecule has 1 aliphatic rings. The molecule has 0 saturated carbocycles. The molecule has 71 heavy (non-hydrogen) atoms. The molecule has 1 heterocycles. The topological polar surface area (TPSA) is 192 Å². The molecule has 0 spiro atoms. The summed E-state index contributed by atoms with van der Waals surface area (Å²) in [7, 11) is -5.08. The van der Waals surface area contributed by atoms with E-state index >= 15 is 0 Å². The summed E-state index contributed by atoms with van der Waals surface area (Å²) < 4.78 is 48.0. The van der Waals surface area contributed by atoms with E-state index in [4.69, 9.17) is 9.47 Å². The molecular weight excluding hydrogens is 919 g/mol. The highest BCUT2D eigenvalue weighted by Crippen LogP contribution is 2.26. The van der Waals surface area contributed by atoms with Gasteiger partial charge in [0.05, 0.1) is 25.4 Å². The monoisotopic (exact) mass is 1030 g/mol. The van der Waals surface area contributed by atoms with Gasteiger partial charge in [0.2, 0.25) is 5.91 Å². The third-order valence-electron chi connectivity index (χ3n) is 14.9. The second-order valence-corrected chi connectivity index (χ2v) is 22.7. The Bertz CT molecular complexity index is 1260. The first-order valence-corrected chi connectivity index (χ1v) is 31.8. The fraction of sp³-hybridized carbons (Fsp3) is 0.983. The lowest BCUT2D eigenvalue weighted by molar-refractivity contribution is -0.298. The van der Waals surface area contributed by atoms with E-state index in [-0.39, 0.29) is 12.5 Å². The molecule has 7 atom stereocenters. The Morgan fingerprint density at radius 1 is 0.507 bits per heavy atom. The van der Waals surface area contributed by atoms with Gasteiger partial charge in [0, 0.05) is 6.42 Å². The Labute approximate surface area is 437 Å². The number of unbranched alkanes of at least 4 members (excludes halogenated alkanes) is 42. The van der Waals surface area contributed by atoms with Gasteiger partial charge in [-0.1, -0.05) is 290 Å². The highest BCUT2D eigenvalue weighted by atomic mass is 32.3. The average Bonchev–Trinajstić information content (AvgIpc) is 3.34. The van der Waals surface area contributed by atoms with Crippen molar-refractivity contribution in [3.05, 3.63) is 0 Å². The molecule has 1 amide bonds. The minimum atomic E-state index is -5.08. The van der Waals surface area contributed by atoms with E-state index in [1.54, 1.807) is 0 Å². The Hall–Kier alpha value is -0.900. The van der Waals surface area contributed by atoms with Crippen LogP contribution < -0.4 is 5.32 Å². The van der Waals surface area contributed by atoms with E-state index < -0.39 is 59.9 Å². The van der Waals surface area contributed by atoms with Crippen LogP contribution in [0.3, 0.4) is 0 Å². The van der Waals surface area contributed by atoms with Crippen LogP contribution in [0.5, 0.6) is 0 Å². The lowest BCUT2D eigenvalue weighted by Gasteiger charge is -2.41. The molecule has 0 aliphatic carbocycles. The van der Waals surface area contributed by atoms with Crippen molar-refractivity contribution >= 4 is 16.3 Å². The first-order chi connectivity index (χ1) is 34.5. The number of hydrogen-bond donors (Lipinski definition) is 6. The van der Waals surface area contributed by atoms with Crippen molar-refractivity contribution in [1.29, 1.82) is 0 Å². The van der Waals surface area contributed by atoms with Gasteiger partial charge in [0.15, 0.2) is 6.29 Å². The summed E-state index contributed by atoms with van der Waals surface area (Å²) >= 11 is 0. The molecule has 1 aliphatic heterocycles. The maximum Gasteiger partial charge on any atom is 0.397 e.